The Morgan fingerprint density at radius 1 is 0.675 bits per heavy atom. The molecule has 1 aliphatic rings. The summed E-state index contributed by atoms with van der Waals surface area (Å²) in [5.74, 6) is 1.07. The summed E-state index contributed by atoms with van der Waals surface area (Å²) in [6, 6.07) is 45.7. The first kappa shape index (κ1) is 24.7. The second-order valence-corrected chi connectivity index (χ2v) is 11.9. The molecule has 0 aliphatic carbocycles. The number of hydrogen-bond donors (Lipinski definition) is 0. The summed E-state index contributed by atoms with van der Waals surface area (Å²) in [7, 11) is -3.94. The van der Waals surface area contributed by atoms with E-state index in [2.05, 4.69) is 61.5 Å². The Balaban J connectivity index is 1.52. The summed E-state index contributed by atoms with van der Waals surface area (Å²) in [4.78, 5) is 0. The average molecular weight is 542 g/mol. The molecular formula is C35H28NO3P. The van der Waals surface area contributed by atoms with Crippen molar-refractivity contribution in [2.24, 2.45) is 0 Å². The van der Waals surface area contributed by atoms with E-state index in [1.54, 1.807) is 0 Å². The summed E-state index contributed by atoms with van der Waals surface area (Å²) < 4.78 is 30.1. The predicted octanol–water partition coefficient (Wildman–Crippen LogP) is 9.73. The number of fused-ring (bicyclic) bond motifs is 4. The smallest absolute Gasteiger partial charge is 0.404 e. The Hall–Kier alpha value is -4.37. The van der Waals surface area contributed by atoms with Crippen molar-refractivity contribution in [3.05, 3.63) is 156 Å². The van der Waals surface area contributed by atoms with E-state index < -0.39 is 7.75 Å². The van der Waals surface area contributed by atoms with Gasteiger partial charge in [0.05, 0.1) is 6.04 Å². The zero-order valence-electron chi connectivity index (χ0n) is 22.1. The molecule has 196 valence electrons. The van der Waals surface area contributed by atoms with Gasteiger partial charge in [0.25, 0.3) is 0 Å². The highest BCUT2D eigenvalue weighted by Crippen LogP contribution is 2.65. The Morgan fingerprint density at radius 3 is 2.02 bits per heavy atom. The normalized spacial score (nSPS) is 19.6. The van der Waals surface area contributed by atoms with Crippen molar-refractivity contribution in [2.45, 2.75) is 19.0 Å². The largest absolute Gasteiger partial charge is 0.516 e. The molecule has 0 aromatic heterocycles. The minimum atomic E-state index is -3.94. The maximum atomic E-state index is 15.2. The Labute approximate surface area is 234 Å². The summed E-state index contributed by atoms with van der Waals surface area (Å²) in [6.07, 6.45) is 0. The molecule has 40 heavy (non-hydrogen) atoms. The summed E-state index contributed by atoms with van der Waals surface area (Å²) >= 11 is 0. The molecule has 0 saturated heterocycles. The zero-order valence-corrected chi connectivity index (χ0v) is 22.9. The van der Waals surface area contributed by atoms with Gasteiger partial charge in [-0.25, -0.2) is 4.57 Å². The maximum absolute atomic E-state index is 15.2. The van der Waals surface area contributed by atoms with Gasteiger partial charge in [0.1, 0.15) is 11.5 Å². The third kappa shape index (κ3) is 4.17. The van der Waals surface area contributed by atoms with Crippen LogP contribution in [0.5, 0.6) is 11.5 Å². The summed E-state index contributed by atoms with van der Waals surface area (Å²) in [5, 5.41) is 4.41. The molecule has 0 bridgehead atoms. The van der Waals surface area contributed by atoms with Crippen molar-refractivity contribution >= 4 is 29.3 Å². The van der Waals surface area contributed by atoms with Crippen molar-refractivity contribution in [3.63, 3.8) is 0 Å². The average Bonchev–Trinajstić information content (AvgIpc) is 3.00. The third-order valence-corrected chi connectivity index (χ3v) is 9.73. The number of para-hydroxylation sites is 1. The van der Waals surface area contributed by atoms with Gasteiger partial charge < -0.3 is 9.05 Å². The van der Waals surface area contributed by atoms with E-state index in [9.17, 15) is 0 Å². The van der Waals surface area contributed by atoms with Crippen LogP contribution in [0, 0.1) is 0 Å². The van der Waals surface area contributed by atoms with E-state index in [4.69, 9.17) is 9.05 Å². The highest BCUT2D eigenvalue weighted by atomic mass is 31.2. The highest BCUT2D eigenvalue weighted by Gasteiger charge is 2.51. The second-order valence-electron chi connectivity index (χ2n) is 10.1. The minimum Gasteiger partial charge on any atom is -0.404 e. The zero-order chi connectivity index (χ0) is 27.1. The van der Waals surface area contributed by atoms with E-state index >= 15 is 4.57 Å². The van der Waals surface area contributed by atoms with Crippen LogP contribution in [0.1, 0.15) is 35.7 Å². The van der Waals surface area contributed by atoms with E-state index in [1.807, 2.05) is 89.6 Å². The SMILES string of the molecule is C[C@@H](c1cccc2ccccc12)N1[C@@H](c2ccccc2)c2c(ccc3ccccc23)O[P@@]1(=O)Oc1ccccc1. The number of rotatable bonds is 5. The van der Waals surface area contributed by atoms with E-state index in [0.717, 1.165) is 38.2 Å². The van der Waals surface area contributed by atoms with Gasteiger partial charge >= 0.3 is 7.75 Å². The molecule has 6 aromatic rings. The van der Waals surface area contributed by atoms with Crippen LogP contribution < -0.4 is 9.05 Å². The van der Waals surface area contributed by atoms with Gasteiger partial charge in [0.15, 0.2) is 0 Å². The Morgan fingerprint density at radius 2 is 1.27 bits per heavy atom. The first-order chi connectivity index (χ1) is 19.6. The van der Waals surface area contributed by atoms with Gasteiger partial charge in [0.2, 0.25) is 0 Å². The van der Waals surface area contributed by atoms with Gasteiger partial charge in [-0.3, -0.25) is 0 Å². The van der Waals surface area contributed by atoms with Crippen LogP contribution in [-0.4, -0.2) is 4.67 Å². The standard InChI is InChI=1S/C35H28NO3P/c1-25(30-22-12-17-26-13-8-10-20-31(26)30)36-35(28-15-4-2-5-16-28)34-32-21-11-9-14-27(32)23-24-33(34)39-40(36,37)38-29-18-6-3-7-19-29/h2-25,35H,1H3/t25-,35-,40-/m0/s1. The van der Waals surface area contributed by atoms with E-state index in [0.29, 0.717) is 11.5 Å². The fraction of sp³-hybridized carbons (Fsp3) is 0.0857. The van der Waals surface area contributed by atoms with Crippen molar-refractivity contribution in [3.8, 4) is 11.5 Å². The first-order valence-corrected chi connectivity index (χ1v) is 15.0. The van der Waals surface area contributed by atoms with Gasteiger partial charge in [-0.05, 0) is 57.8 Å². The van der Waals surface area contributed by atoms with Crippen LogP contribution in [0.15, 0.2) is 140 Å². The molecule has 5 heteroatoms. The topological polar surface area (TPSA) is 38.8 Å². The minimum absolute atomic E-state index is 0.321. The fourth-order valence-electron chi connectivity index (χ4n) is 5.91. The van der Waals surface area contributed by atoms with Crippen LogP contribution in [0.2, 0.25) is 0 Å². The van der Waals surface area contributed by atoms with Crippen molar-refractivity contribution < 1.29 is 13.6 Å². The lowest BCUT2D eigenvalue weighted by Crippen LogP contribution is -2.36. The Bertz CT molecular complexity index is 1870. The third-order valence-electron chi connectivity index (χ3n) is 7.71. The summed E-state index contributed by atoms with van der Waals surface area (Å²) in [6.45, 7) is 2.10. The number of hydrogen-bond acceptors (Lipinski definition) is 3. The lowest BCUT2D eigenvalue weighted by atomic mass is 9.91. The molecule has 3 atom stereocenters. The maximum Gasteiger partial charge on any atom is 0.516 e. The molecule has 0 fully saturated rings. The first-order valence-electron chi connectivity index (χ1n) is 13.5. The summed E-state index contributed by atoms with van der Waals surface area (Å²) in [5.41, 5.74) is 3.06. The molecule has 0 saturated carbocycles. The van der Waals surface area contributed by atoms with Crippen LogP contribution >= 0.6 is 7.75 Å². The monoisotopic (exact) mass is 541 g/mol. The lowest BCUT2D eigenvalue weighted by molar-refractivity contribution is 0.200. The van der Waals surface area contributed by atoms with Crippen LogP contribution in [0.4, 0.5) is 0 Å². The van der Waals surface area contributed by atoms with Crippen molar-refractivity contribution in [2.75, 3.05) is 0 Å². The van der Waals surface area contributed by atoms with Crippen molar-refractivity contribution in [1.29, 1.82) is 0 Å². The van der Waals surface area contributed by atoms with Gasteiger partial charge in [-0.1, -0.05) is 121 Å². The van der Waals surface area contributed by atoms with Crippen LogP contribution in [0.3, 0.4) is 0 Å². The molecule has 0 radical (unpaired) electrons. The van der Waals surface area contributed by atoms with Gasteiger partial charge in [0, 0.05) is 11.6 Å². The van der Waals surface area contributed by atoms with Gasteiger partial charge in [-0.15, -0.1) is 0 Å². The molecule has 0 amide bonds. The molecule has 0 spiro atoms. The molecule has 1 heterocycles. The molecular weight excluding hydrogens is 513 g/mol. The Kier molecular flexibility index (Phi) is 6.15. The lowest BCUT2D eigenvalue weighted by Gasteiger charge is -2.44. The van der Waals surface area contributed by atoms with Crippen LogP contribution in [0.25, 0.3) is 21.5 Å². The van der Waals surface area contributed by atoms with Gasteiger partial charge in [-0.2, -0.15) is 4.67 Å². The molecule has 1 aliphatic heterocycles. The number of nitrogens with zero attached hydrogens (tertiary/aromatic N) is 1. The second kappa shape index (κ2) is 9.98. The quantitative estimate of drug-likeness (QED) is 0.204. The van der Waals surface area contributed by atoms with Crippen LogP contribution in [-0.2, 0) is 4.57 Å². The van der Waals surface area contributed by atoms with Crippen molar-refractivity contribution in [1.82, 2.24) is 4.67 Å². The number of benzene rings is 6. The predicted molar refractivity (Wildman–Crippen MR) is 162 cm³/mol. The van der Waals surface area contributed by atoms with E-state index in [-0.39, 0.29) is 12.1 Å². The molecule has 6 aromatic carbocycles. The molecule has 0 N–H and O–H groups in total. The molecule has 0 unspecified atom stereocenters. The fourth-order valence-corrected chi connectivity index (χ4v) is 8.01. The van der Waals surface area contributed by atoms with E-state index in [1.165, 1.54) is 0 Å². The highest BCUT2D eigenvalue weighted by molar-refractivity contribution is 7.52. The molecule has 4 nitrogen and oxygen atoms in total. The molecule has 7 rings (SSSR count).